The highest BCUT2D eigenvalue weighted by Crippen LogP contribution is 2.21. The molecule has 0 bridgehead atoms. The van der Waals surface area contributed by atoms with Gasteiger partial charge in [-0.3, -0.25) is 4.99 Å². The van der Waals surface area contributed by atoms with Crippen LogP contribution in [0.5, 0.6) is 0 Å². The smallest absolute Gasteiger partial charge is 0.126 e. The lowest BCUT2D eigenvalue weighted by atomic mass is 10.0. The molecule has 0 aliphatic carbocycles. The Morgan fingerprint density at radius 2 is 2.08 bits per heavy atom. The van der Waals surface area contributed by atoms with Crippen molar-refractivity contribution in [2.75, 3.05) is 0 Å². The Morgan fingerprint density at radius 1 is 1.33 bits per heavy atom. The van der Waals surface area contributed by atoms with Gasteiger partial charge in [0.1, 0.15) is 5.82 Å². The molecule has 1 aliphatic rings. The number of fused-ring (bicyclic) bond motifs is 1. The minimum atomic E-state index is -0.126. The van der Waals surface area contributed by atoms with Crippen LogP contribution in [0.15, 0.2) is 17.1 Å². The molecule has 1 heterocycles. The van der Waals surface area contributed by atoms with Crippen molar-refractivity contribution in [3.05, 3.63) is 34.6 Å². The van der Waals surface area contributed by atoms with Gasteiger partial charge in [0.15, 0.2) is 0 Å². The van der Waals surface area contributed by atoms with E-state index in [1.807, 2.05) is 13.0 Å². The summed E-state index contributed by atoms with van der Waals surface area (Å²) in [4.78, 5) is 4.24. The van der Waals surface area contributed by atoms with E-state index in [4.69, 9.17) is 0 Å². The number of benzene rings is 1. The van der Waals surface area contributed by atoms with Crippen molar-refractivity contribution in [2.24, 2.45) is 4.99 Å². The second kappa shape index (κ2) is 2.41. The lowest BCUT2D eigenvalue weighted by Crippen LogP contribution is -1.95. The zero-order chi connectivity index (χ0) is 8.72. The summed E-state index contributed by atoms with van der Waals surface area (Å²) in [6.07, 6.45) is 0. The van der Waals surface area contributed by atoms with Crippen molar-refractivity contribution in [3.63, 3.8) is 0 Å². The average Bonchev–Trinajstić information content (AvgIpc) is 2.35. The molecule has 0 spiro atoms. The highest BCUT2D eigenvalue weighted by atomic mass is 19.1. The van der Waals surface area contributed by atoms with E-state index in [0.717, 1.165) is 16.8 Å². The van der Waals surface area contributed by atoms with Crippen LogP contribution in [-0.4, -0.2) is 5.71 Å². The maximum absolute atomic E-state index is 13.1. The molecule has 2 heteroatoms. The molecule has 1 aliphatic heterocycles. The average molecular weight is 163 g/mol. The molecule has 0 amide bonds. The Morgan fingerprint density at radius 3 is 2.83 bits per heavy atom. The SMILES string of the molecule is CC1=NCc2cc(F)c(C)cc21. The molecule has 1 nitrogen and oxygen atoms in total. The summed E-state index contributed by atoms with van der Waals surface area (Å²) in [5.74, 6) is -0.126. The Balaban J connectivity index is 2.63. The molecule has 2 rings (SSSR count). The predicted molar refractivity (Wildman–Crippen MR) is 47.1 cm³/mol. The largest absolute Gasteiger partial charge is 0.285 e. The molecule has 0 N–H and O–H groups in total. The van der Waals surface area contributed by atoms with Crippen LogP contribution in [0.1, 0.15) is 23.6 Å². The van der Waals surface area contributed by atoms with Gasteiger partial charge in [-0.15, -0.1) is 0 Å². The van der Waals surface area contributed by atoms with Gasteiger partial charge in [-0.2, -0.15) is 0 Å². The van der Waals surface area contributed by atoms with Crippen molar-refractivity contribution < 1.29 is 4.39 Å². The first-order chi connectivity index (χ1) is 5.68. The normalized spacial score (nSPS) is 14.4. The summed E-state index contributed by atoms with van der Waals surface area (Å²) < 4.78 is 13.1. The maximum atomic E-state index is 13.1. The van der Waals surface area contributed by atoms with Gasteiger partial charge in [0.05, 0.1) is 6.54 Å². The van der Waals surface area contributed by atoms with Gasteiger partial charge >= 0.3 is 0 Å². The number of aryl methyl sites for hydroxylation is 1. The van der Waals surface area contributed by atoms with Crippen LogP contribution in [-0.2, 0) is 6.54 Å². The number of halogens is 1. The van der Waals surface area contributed by atoms with Crippen LogP contribution in [0, 0.1) is 12.7 Å². The topological polar surface area (TPSA) is 12.4 Å². The van der Waals surface area contributed by atoms with E-state index in [0.29, 0.717) is 12.1 Å². The lowest BCUT2D eigenvalue weighted by molar-refractivity contribution is 0.616. The van der Waals surface area contributed by atoms with Crippen LogP contribution < -0.4 is 0 Å². The summed E-state index contributed by atoms with van der Waals surface area (Å²) in [5, 5.41) is 0. The molecule has 0 unspecified atom stereocenters. The Labute approximate surface area is 70.9 Å². The molecular weight excluding hydrogens is 153 g/mol. The van der Waals surface area contributed by atoms with Crippen LogP contribution >= 0.6 is 0 Å². The Hall–Kier alpha value is -1.18. The Kier molecular flexibility index (Phi) is 1.50. The van der Waals surface area contributed by atoms with Crippen molar-refractivity contribution >= 4 is 5.71 Å². The molecule has 12 heavy (non-hydrogen) atoms. The summed E-state index contributed by atoms with van der Waals surface area (Å²) >= 11 is 0. The van der Waals surface area contributed by atoms with Gasteiger partial charge < -0.3 is 0 Å². The summed E-state index contributed by atoms with van der Waals surface area (Å²) in [6, 6.07) is 3.46. The first kappa shape index (κ1) is 7.47. The van der Waals surface area contributed by atoms with E-state index in [2.05, 4.69) is 4.99 Å². The molecule has 0 atom stereocenters. The number of hydrogen-bond acceptors (Lipinski definition) is 1. The zero-order valence-corrected chi connectivity index (χ0v) is 7.19. The molecule has 1 aromatic carbocycles. The third-order valence-electron chi connectivity index (χ3n) is 2.26. The van der Waals surface area contributed by atoms with Crippen molar-refractivity contribution in [2.45, 2.75) is 20.4 Å². The molecule has 0 saturated carbocycles. The number of rotatable bonds is 0. The third-order valence-corrected chi connectivity index (χ3v) is 2.26. The fraction of sp³-hybridized carbons (Fsp3) is 0.300. The standard InChI is InChI=1S/C10H10FN/c1-6-3-9-7(2)12-5-8(9)4-10(6)11/h3-4H,5H2,1-2H3. The number of nitrogens with zero attached hydrogens (tertiary/aromatic N) is 1. The minimum absolute atomic E-state index is 0.126. The molecule has 0 radical (unpaired) electrons. The van der Waals surface area contributed by atoms with Gasteiger partial charge in [0.2, 0.25) is 0 Å². The third kappa shape index (κ3) is 0.951. The van der Waals surface area contributed by atoms with E-state index < -0.39 is 0 Å². The fourth-order valence-corrected chi connectivity index (χ4v) is 1.48. The quantitative estimate of drug-likeness (QED) is 0.557. The first-order valence-electron chi connectivity index (χ1n) is 3.99. The molecule has 0 fully saturated rings. The maximum Gasteiger partial charge on any atom is 0.126 e. The zero-order valence-electron chi connectivity index (χ0n) is 7.19. The molecular formula is C10H10FN. The van der Waals surface area contributed by atoms with Gasteiger partial charge in [-0.05, 0) is 37.1 Å². The van der Waals surface area contributed by atoms with Crippen LogP contribution in [0.4, 0.5) is 4.39 Å². The second-order valence-corrected chi connectivity index (χ2v) is 3.16. The van der Waals surface area contributed by atoms with E-state index in [1.54, 1.807) is 13.0 Å². The van der Waals surface area contributed by atoms with Crippen LogP contribution in [0.3, 0.4) is 0 Å². The second-order valence-electron chi connectivity index (χ2n) is 3.16. The summed E-state index contributed by atoms with van der Waals surface area (Å²) in [5.41, 5.74) is 3.84. The van der Waals surface area contributed by atoms with Crippen molar-refractivity contribution in [1.29, 1.82) is 0 Å². The van der Waals surface area contributed by atoms with Crippen molar-refractivity contribution in [1.82, 2.24) is 0 Å². The van der Waals surface area contributed by atoms with Gasteiger partial charge in [-0.25, -0.2) is 4.39 Å². The van der Waals surface area contributed by atoms with E-state index >= 15 is 0 Å². The molecule has 62 valence electrons. The van der Waals surface area contributed by atoms with Gasteiger partial charge in [0.25, 0.3) is 0 Å². The molecule has 0 saturated heterocycles. The van der Waals surface area contributed by atoms with Gasteiger partial charge in [-0.1, -0.05) is 0 Å². The van der Waals surface area contributed by atoms with Crippen LogP contribution in [0.25, 0.3) is 0 Å². The van der Waals surface area contributed by atoms with E-state index in [-0.39, 0.29) is 5.82 Å². The summed E-state index contributed by atoms with van der Waals surface area (Å²) in [6.45, 7) is 4.38. The minimum Gasteiger partial charge on any atom is -0.285 e. The van der Waals surface area contributed by atoms with E-state index in [1.165, 1.54) is 0 Å². The monoisotopic (exact) mass is 163 g/mol. The molecule has 0 aromatic heterocycles. The highest BCUT2D eigenvalue weighted by molar-refractivity contribution is 6.02. The Bertz CT molecular complexity index is 366. The fourth-order valence-electron chi connectivity index (χ4n) is 1.48. The molecule has 1 aromatic rings. The van der Waals surface area contributed by atoms with Gasteiger partial charge in [0, 0.05) is 11.3 Å². The predicted octanol–water partition coefficient (Wildman–Crippen LogP) is 2.46. The summed E-state index contributed by atoms with van der Waals surface area (Å²) in [7, 11) is 0. The number of aliphatic imine (C=N–C) groups is 1. The first-order valence-corrected chi connectivity index (χ1v) is 3.99. The van der Waals surface area contributed by atoms with Crippen molar-refractivity contribution in [3.8, 4) is 0 Å². The highest BCUT2D eigenvalue weighted by Gasteiger charge is 2.13. The van der Waals surface area contributed by atoms with Crippen LogP contribution in [0.2, 0.25) is 0 Å². The lowest BCUT2D eigenvalue weighted by Gasteiger charge is -2.01. The number of hydrogen-bond donors (Lipinski definition) is 0. The van der Waals surface area contributed by atoms with E-state index in [9.17, 15) is 4.39 Å².